The molecule has 0 unspecified atom stereocenters. The highest BCUT2D eigenvalue weighted by atomic mass is 32.1. The van der Waals surface area contributed by atoms with E-state index in [0.717, 1.165) is 11.3 Å². The molecule has 0 radical (unpaired) electrons. The largest absolute Gasteiger partial charge is 0.397 e. The maximum Gasteiger partial charge on any atom is 0.272 e. The summed E-state index contributed by atoms with van der Waals surface area (Å²) in [6, 6.07) is 11.0. The van der Waals surface area contributed by atoms with E-state index in [1.165, 1.54) is 0 Å². The zero-order valence-electron chi connectivity index (χ0n) is 11.2. The number of amides is 1. The van der Waals surface area contributed by atoms with Crippen LogP contribution in [0.5, 0.6) is 0 Å². The third-order valence-corrected chi connectivity index (χ3v) is 3.77. The molecular weight excluding hydrogens is 284 g/mol. The molecule has 106 valence electrons. The van der Waals surface area contributed by atoms with Crippen molar-refractivity contribution >= 4 is 22.9 Å². The molecule has 21 heavy (non-hydrogen) atoms. The fourth-order valence-corrected chi connectivity index (χ4v) is 2.61. The molecule has 3 N–H and O–H groups in total. The summed E-state index contributed by atoms with van der Waals surface area (Å²) in [5.41, 5.74) is 8.73. The van der Waals surface area contributed by atoms with Crippen molar-refractivity contribution in [2.24, 2.45) is 0 Å². The molecule has 1 amide bonds. The zero-order chi connectivity index (χ0) is 14.7. The second-order valence-corrected chi connectivity index (χ2v) is 5.30. The smallest absolute Gasteiger partial charge is 0.272 e. The molecule has 0 aliphatic rings. The van der Waals surface area contributed by atoms with Gasteiger partial charge in [-0.25, -0.2) is 4.68 Å². The third-order valence-electron chi connectivity index (χ3n) is 3.04. The van der Waals surface area contributed by atoms with Crippen molar-refractivity contribution < 1.29 is 4.79 Å². The summed E-state index contributed by atoms with van der Waals surface area (Å²) in [6.07, 6.45) is 1.73. The van der Waals surface area contributed by atoms with E-state index in [2.05, 4.69) is 10.4 Å². The lowest BCUT2D eigenvalue weighted by atomic mass is 10.3. The maximum absolute atomic E-state index is 12.1. The molecule has 0 fully saturated rings. The van der Waals surface area contributed by atoms with Crippen molar-refractivity contribution in [3.63, 3.8) is 0 Å². The van der Waals surface area contributed by atoms with Crippen molar-refractivity contribution in [1.82, 2.24) is 15.1 Å². The Morgan fingerprint density at radius 1 is 1.29 bits per heavy atom. The summed E-state index contributed by atoms with van der Waals surface area (Å²) >= 11 is 1.61. The van der Waals surface area contributed by atoms with E-state index in [4.69, 9.17) is 5.73 Å². The SMILES string of the molecule is Nc1ccccc1-n1ccc(C(=O)NCc2ccsc2)n1. The monoisotopic (exact) mass is 298 g/mol. The first-order valence-corrected chi connectivity index (χ1v) is 7.38. The Morgan fingerprint density at radius 3 is 2.90 bits per heavy atom. The van der Waals surface area contributed by atoms with E-state index in [-0.39, 0.29) is 5.91 Å². The summed E-state index contributed by atoms with van der Waals surface area (Å²) in [5, 5.41) is 11.1. The van der Waals surface area contributed by atoms with Crippen LogP contribution in [-0.4, -0.2) is 15.7 Å². The molecule has 0 atom stereocenters. The standard InChI is InChI=1S/C15H14N4OS/c16-12-3-1-2-4-14(12)19-7-5-13(18-19)15(20)17-9-11-6-8-21-10-11/h1-8,10H,9,16H2,(H,17,20). The molecule has 5 nitrogen and oxygen atoms in total. The fraction of sp³-hybridized carbons (Fsp3) is 0.0667. The minimum Gasteiger partial charge on any atom is -0.397 e. The molecule has 0 saturated carbocycles. The van der Waals surface area contributed by atoms with Crippen LogP contribution in [0.3, 0.4) is 0 Å². The van der Waals surface area contributed by atoms with Gasteiger partial charge >= 0.3 is 0 Å². The number of nitrogens with one attached hydrogen (secondary N) is 1. The van der Waals surface area contributed by atoms with Gasteiger partial charge in [0.1, 0.15) is 0 Å². The van der Waals surface area contributed by atoms with Gasteiger partial charge in [-0.05, 0) is 40.6 Å². The normalized spacial score (nSPS) is 10.5. The molecule has 0 aliphatic carbocycles. The van der Waals surface area contributed by atoms with Gasteiger partial charge in [0.2, 0.25) is 0 Å². The highest BCUT2D eigenvalue weighted by molar-refractivity contribution is 7.07. The van der Waals surface area contributed by atoms with Gasteiger partial charge in [0, 0.05) is 12.7 Å². The molecule has 0 bridgehead atoms. The Labute approximate surface area is 126 Å². The molecule has 0 aliphatic heterocycles. The number of hydrogen-bond donors (Lipinski definition) is 2. The van der Waals surface area contributed by atoms with E-state index in [0.29, 0.717) is 17.9 Å². The first-order valence-electron chi connectivity index (χ1n) is 6.44. The van der Waals surface area contributed by atoms with Gasteiger partial charge < -0.3 is 11.1 Å². The van der Waals surface area contributed by atoms with Crippen LogP contribution in [0.15, 0.2) is 53.4 Å². The average Bonchev–Trinajstić information content (AvgIpc) is 3.17. The first-order chi connectivity index (χ1) is 10.2. The van der Waals surface area contributed by atoms with Gasteiger partial charge in [0.25, 0.3) is 5.91 Å². The van der Waals surface area contributed by atoms with Crippen molar-refractivity contribution in [2.75, 3.05) is 5.73 Å². The summed E-state index contributed by atoms with van der Waals surface area (Å²) in [7, 11) is 0. The number of thiophene rings is 1. The predicted molar refractivity (Wildman–Crippen MR) is 83.5 cm³/mol. The third kappa shape index (κ3) is 2.95. The van der Waals surface area contributed by atoms with Gasteiger partial charge in [-0.15, -0.1) is 0 Å². The average molecular weight is 298 g/mol. The molecule has 2 heterocycles. The fourth-order valence-electron chi connectivity index (χ4n) is 1.94. The molecule has 1 aromatic carbocycles. The first kappa shape index (κ1) is 13.4. The number of anilines is 1. The zero-order valence-corrected chi connectivity index (χ0v) is 12.0. The van der Waals surface area contributed by atoms with E-state index >= 15 is 0 Å². The second-order valence-electron chi connectivity index (χ2n) is 4.52. The number of para-hydroxylation sites is 2. The molecule has 0 spiro atoms. The summed E-state index contributed by atoms with van der Waals surface area (Å²) in [4.78, 5) is 12.1. The van der Waals surface area contributed by atoms with Crippen LogP contribution in [-0.2, 0) is 6.54 Å². The predicted octanol–water partition coefficient (Wildman–Crippen LogP) is 2.45. The number of carbonyl (C=O) groups is 1. The molecule has 2 aromatic heterocycles. The molecule has 6 heteroatoms. The molecule has 3 aromatic rings. The number of nitrogens with two attached hydrogens (primary N) is 1. The lowest BCUT2D eigenvalue weighted by molar-refractivity contribution is 0.0945. The number of carbonyl (C=O) groups excluding carboxylic acids is 1. The van der Waals surface area contributed by atoms with Crippen molar-refractivity contribution in [3.8, 4) is 5.69 Å². The number of rotatable bonds is 4. The molecule has 3 rings (SSSR count). The van der Waals surface area contributed by atoms with Gasteiger partial charge in [0.15, 0.2) is 5.69 Å². The van der Waals surface area contributed by atoms with Crippen molar-refractivity contribution in [3.05, 3.63) is 64.6 Å². The minimum absolute atomic E-state index is 0.200. The lowest BCUT2D eigenvalue weighted by Crippen LogP contribution is -2.23. The topological polar surface area (TPSA) is 72.9 Å². The Kier molecular flexibility index (Phi) is 3.70. The van der Waals surface area contributed by atoms with Gasteiger partial charge in [-0.3, -0.25) is 4.79 Å². The highest BCUT2D eigenvalue weighted by Gasteiger charge is 2.10. The van der Waals surface area contributed by atoms with Gasteiger partial charge in [-0.1, -0.05) is 12.1 Å². The number of benzene rings is 1. The van der Waals surface area contributed by atoms with E-state index < -0.39 is 0 Å². The van der Waals surface area contributed by atoms with Crippen LogP contribution in [0.25, 0.3) is 5.69 Å². The number of nitrogen functional groups attached to an aromatic ring is 1. The van der Waals surface area contributed by atoms with E-state index in [9.17, 15) is 4.79 Å². The van der Waals surface area contributed by atoms with Gasteiger partial charge in [0.05, 0.1) is 11.4 Å². The van der Waals surface area contributed by atoms with Crippen LogP contribution < -0.4 is 11.1 Å². The number of aromatic nitrogens is 2. The van der Waals surface area contributed by atoms with Crippen molar-refractivity contribution in [2.45, 2.75) is 6.54 Å². The number of hydrogen-bond acceptors (Lipinski definition) is 4. The van der Waals surface area contributed by atoms with E-state index in [1.807, 2.05) is 35.0 Å². The Bertz CT molecular complexity index is 749. The Morgan fingerprint density at radius 2 is 2.14 bits per heavy atom. The van der Waals surface area contributed by atoms with Crippen LogP contribution in [0.2, 0.25) is 0 Å². The molecule has 0 saturated heterocycles. The van der Waals surface area contributed by atoms with Crippen molar-refractivity contribution in [1.29, 1.82) is 0 Å². The summed E-state index contributed by atoms with van der Waals surface area (Å²) < 4.78 is 1.61. The van der Waals surface area contributed by atoms with Gasteiger partial charge in [-0.2, -0.15) is 16.4 Å². The maximum atomic E-state index is 12.1. The highest BCUT2D eigenvalue weighted by Crippen LogP contribution is 2.15. The summed E-state index contributed by atoms with van der Waals surface area (Å²) in [5.74, 6) is -0.200. The van der Waals surface area contributed by atoms with Crippen LogP contribution in [0.4, 0.5) is 5.69 Å². The molecular formula is C15H14N4OS. The Balaban J connectivity index is 1.73. The minimum atomic E-state index is -0.200. The van der Waals surface area contributed by atoms with E-state index in [1.54, 1.807) is 34.3 Å². The lowest BCUT2D eigenvalue weighted by Gasteiger charge is -2.04. The second kappa shape index (κ2) is 5.80. The quantitative estimate of drug-likeness (QED) is 0.727. The van der Waals surface area contributed by atoms with Crippen LogP contribution in [0.1, 0.15) is 16.1 Å². The number of nitrogens with zero attached hydrogens (tertiary/aromatic N) is 2. The van der Waals surface area contributed by atoms with Crippen LogP contribution in [0, 0.1) is 0 Å². The van der Waals surface area contributed by atoms with Crippen LogP contribution >= 0.6 is 11.3 Å². The Hall–Kier alpha value is -2.60. The summed E-state index contributed by atoms with van der Waals surface area (Å²) in [6.45, 7) is 0.503.